The van der Waals surface area contributed by atoms with Gasteiger partial charge in [-0.1, -0.05) is 234 Å². The minimum atomic E-state index is -0.263. The Morgan fingerprint density at radius 3 is 0.640 bits per heavy atom. The SMILES string of the molecule is CCCCCCCCOc1ccc(C(=O)Nc2ccc(N(c3ccc(NC(=O)c4ccc(OCCCCCCCC)c(OCCCCCCCC)c4)cc3)c3ccc(NC(=O)c4ccc(OCCCCCCCC)c(OCCCCCCCC)c4)cc3)cc2)cc1OCCCCCCCC. The molecule has 13 heteroatoms. The van der Waals surface area contributed by atoms with Crippen LogP contribution in [0.15, 0.2) is 127 Å². The van der Waals surface area contributed by atoms with Crippen LogP contribution in [0.4, 0.5) is 34.1 Å². The lowest BCUT2D eigenvalue weighted by Gasteiger charge is -2.26. The molecule has 0 radical (unpaired) electrons. The number of amides is 3. The zero-order valence-electron chi connectivity index (χ0n) is 62.4. The van der Waals surface area contributed by atoms with E-state index in [4.69, 9.17) is 28.4 Å². The molecule has 0 bridgehead atoms. The number of nitrogens with zero attached hydrogens (tertiary/aromatic N) is 1. The molecule has 0 atom stereocenters. The van der Waals surface area contributed by atoms with Crippen molar-refractivity contribution in [2.75, 3.05) is 60.5 Å². The number of ether oxygens (including phenoxy) is 6. The topological polar surface area (TPSA) is 146 Å². The van der Waals surface area contributed by atoms with Gasteiger partial charge in [-0.2, -0.15) is 0 Å². The Labute approximate surface area is 603 Å². The predicted octanol–water partition coefficient (Wildman–Crippen LogP) is 25.3. The number of carbonyl (C=O) groups is 3. The number of benzene rings is 6. The minimum absolute atomic E-state index is 0.263. The third kappa shape index (κ3) is 31.5. The van der Waals surface area contributed by atoms with Gasteiger partial charge in [0.1, 0.15) is 0 Å². The van der Waals surface area contributed by atoms with Crippen molar-refractivity contribution in [2.45, 2.75) is 273 Å². The predicted molar refractivity (Wildman–Crippen MR) is 418 cm³/mol. The van der Waals surface area contributed by atoms with Crippen molar-refractivity contribution in [1.82, 2.24) is 0 Å². The summed E-state index contributed by atoms with van der Waals surface area (Å²) in [6, 6.07) is 39.6. The molecule has 0 saturated heterocycles. The average molecular weight is 1370 g/mol. The Balaban J connectivity index is 1.22. The Kier molecular flexibility index (Phi) is 41.2. The number of nitrogens with one attached hydrogen (secondary N) is 3. The molecule has 0 aliphatic heterocycles. The summed E-state index contributed by atoms with van der Waals surface area (Å²) in [6.45, 7) is 16.8. The summed E-state index contributed by atoms with van der Waals surface area (Å²) in [5.41, 5.74) is 5.69. The number of rotatable bonds is 57. The number of hydrogen-bond acceptors (Lipinski definition) is 10. The lowest BCUT2D eigenvalue weighted by Crippen LogP contribution is -2.14. The molecular formula is C87H126N4O9. The van der Waals surface area contributed by atoms with Gasteiger partial charge in [0.05, 0.1) is 39.6 Å². The molecule has 0 aliphatic carbocycles. The highest BCUT2D eigenvalue weighted by molar-refractivity contribution is 6.06. The second-order valence-corrected chi connectivity index (χ2v) is 27.0. The van der Waals surface area contributed by atoms with Gasteiger partial charge in [0.25, 0.3) is 17.7 Å². The molecule has 0 saturated carbocycles. The molecule has 3 N–H and O–H groups in total. The minimum Gasteiger partial charge on any atom is -0.490 e. The van der Waals surface area contributed by atoms with E-state index in [1.54, 1.807) is 36.4 Å². The van der Waals surface area contributed by atoms with E-state index in [-0.39, 0.29) is 17.7 Å². The van der Waals surface area contributed by atoms with Gasteiger partial charge in [0.15, 0.2) is 34.5 Å². The fraction of sp³-hybridized carbons (Fsp3) is 0.552. The van der Waals surface area contributed by atoms with Gasteiger partial charge in [0.2, 0.25) is 0 Å². The monoisotopic (exact) mass is 1370 g/mol. The van der Waals surface area contributed by atoms with E-state index < -0.39 is 0 Å². The fourth-order valence-corrected chi connectivity index (χ4v) is 12.2. The van der Waals surface area contributed by atoms with E-state index in [9.17, 15) is 14.4 Å². The highest BCUT2D eigenvalue weighted by Gasteiger charge is 2.20. The second kappa shape index (κ2) is 50.6. The van der Waals surface area contributed by atoms with Crippen molar-refractivity contribution in [3.8, 4) is 34.5 Å². The van der Waals surface area contributed by atoms with E-state index in [1.165, 1.54) is 154 Å². The van der Waals surface area contributed by atoms with Crippen molar-refractivity contribution in [3.05, 3.63) is 144 Å². The lowest BCUT2D eigenvalue weighted by molar-refractivity contribution is 0.101. The second-order valence-electron chi connectivity index (χ2n) is 27.0. The maximum Gasteiger partial charge on any atom is 0.255 e. The van der Waals surface area contributed by atoms with Crippen LogP contribution in [0, 0.1) is 0 Å². The van der Waals surface area contributed by atoms with Crippen LogP contribution in [0.5, 0.6) is 34.5 Å². The van der Waals surface area contributed by atoms with Crippen LogP contribution < -0.4 is 49.3 Å². The van der Waals surface area contributed by atoms with Crippen molar-refractivity contribution < 1.29 is 42.8 Å². The smallest absolute Gasteiger partial charge is 0.255 e. The van der Waals surface area contributed by atoms with Crippen LogP contribution in [0.2, 0.25) is 0 Å². The fourth-order valence-electron chi connectivity index (χ4n) is 12.2. The van der Waals surface area contributed by atoms with Gasteiger partial charge in [-0.3, -0.25) is 14.4 Å². The lowest BCUT2D eigenvalue weighted by atomic mass is 10.1. The molecule has 0 spiro atoms. The molecule has 0 heterocycles. The van der Waals surface area contributed by atoms with Crippen LogP contribution >= 0.6 is 0 Å². The summed E-state index contributed by atoms with van der Waals surface area (Å²) < 4.78 is 38.0. The first-order valence-corrected chi connectivity index (χ1v) is 39.4. The van der Waals surface area contributed by atoms with E-state index in [0.29, 0.717) is 108 Å². The van der Waals surface area contributed by atoms with Gasteiger partial charge < -0.3 is 49.3 Å². The van der Waals surface area contributed by atoms with Crippen LogP contribution in [0.1, 0.15) is 304 Å². The molecule has 13 nitrogen and oxygen atoms in total. The van der Waals surface area contributed by atoms with Gasteiger partial charge >= 0.3 is 0 Å². The summed E-state index contributed by atoms with van der Waals surface area (Å²) in [5, 5.41) is 9.39. The Morgan fingerprint density at radius 2 is 0.430 bits per heavy atom. The molecule has 6 aromatic carbocycles. The average Bonchev–Trinajstić information content (AvgIpc) is 0.801. The summed E-state index contributed by atoms with van der Waals surface area (Å²) in [6.07, 6.45) is 41.7. The molecule has 548 valence electrons. The van der Waals surface area contributed by atoms with Gasteiger partial charge in [-0.25, -0.2) is 0 Å². The summed E-state index contributed by atoms with van der Waals surface area (Å²) in [5.74, 6) is 2.94. The Bertz CT molecular complexity index is 2830. The van der Waals surface area contributed by atoms with Crippen molar-refractivity contribution in [1.29, 1.82) is 0 Å². The molecule has 6 aromatic rings. The first kappa shape index (κ1) is 81.3. The zero-order chi connectivity index (χ0) is 70.9. The molecule has 100 heavy (non-hydrogen) atoms. The third-order valence-corrected chi connectivity index (χ3v) is 18.3. The van der Waals surface area contributed by atoms with Crippen LogP contribution in [0.25, 0.3) is 0 Å². The molecule has 0 aromatic heterocycles. The highest BCUT2D eigenvalue weighted by atomic mass is 16.5. The quantitative estimate of drug-likeness (QED) is 0.0316. The highest BCUT2D eigenvalue weighted by Crippen LogP contribution is 2.38. The molecular weight excluding hydrogens is 1240 g/mol. The van der Waals surface area contributed by atoms with E-state index in [1.807, 2.05) is 91.0 Å². The molecule has 0 unspecified atom stereocenters. The van der Waals surface area contributed by atoms with E-state index in [2.05, 4.69) is 62.4 Å². The van der Waals surface area contributed by atoms with Gasteiger partial charge in [-0.15, -0.1) is 0 Å². The number of hydrogen-bond donors (Lipinski definition) is 3. The summed E-state index contributed by atoms with van der Waals surface area (Å²) >= 11 is 0. The number of anilines is 6. The van der Waals surface area contributed by atoms with Crippen LogP contribution in [-0.4, -0.2) is 57.4 Å². The standard InChI is InChI=1S/C87H126N4O9/c1-7-13-19-25-31-37-61-95-79-58-43-70(67-82(79)98-64-40-34-28-22-16-10-4)85(92)88-73-46-52-76(53-47-73)91(77-54-48-74(49-55-77)89-86(93)71-44-59-80(96-62-38-32-26-20-14-8-2)83(68-71)99-65-41-35-29-23-17-11-5)78-56-50-75(51-57-78)90-87(94)72-45-60-81(97-63-39-33-27-21-15-9-3)84(69-72)100-66-42-36-30-24-18-12-6/h43-60,67-69H,7-42,61-66H2,1-6H3,(H,88,92)(H,89,93)(H,90,94). The van der Waals surface area contributed by atoms with Crippen molar-refractivity contribution in [2.24, 2.45) is 0 Å². The van der Waals surface area contributed by atoms with Crippen LogP contribution in [0.3, 0.4) is 0 Å². The first-order chi connectivity index (χ1) is 49.2. The Morgan fingerprint density at radius 1 is 0.240 bits per heavy atom. The number of carbonyl (C=O) groups excluding carboxylic acids is 3. The molecule has 3 amide bonds. The number of unbranched alkanes of at least 4 members (excludes halogenated alkanes) is 30. The third-order valence-electron chi connectivity index (χ3n) is 18.3. The first-order valence-electron chi connectivity index (χ1n) is 39.4. The van der Waals surface area contributed by atoms with Crippen molar-refractivity contribution >= 4 is 51.8 Å². The van der Waals surface area contributed by atoms with Gasteiger partial charge in [-0.05, 0) is 166 Å². The van der Waals surface area contributed by atoms with Crippen LogP contribution in [-0.2, 0) is 0 Å². The van der Waals surface area contributed by atoms with Crippen molar-refractivity contribution in [3.63, 3.8) is 0 Å². The maximum atomic E-state index is 14.1. The van der Waals surface area contributed by atoms with Gasteiger partial charge in [0, 0.05) is 50.8 Å². The molecule has 0 aliphatic rings. The summed E-state index contributed by atoms with van der Waals surface area (Å²) in [7, 11) is 0. The molecule has 6 rings (SSSR count). The zero-order valence-corrected chi connectivity index (χ0v) is 62.4. The van der Waals surface area contributed by atoms with E-state index >= 15 is 0 Å². The maximum absolute atomic E-state index is 14.1. The molecule has 0 fully saturated rings. The normalized spacial score (nSPS) is 11.1. The summed E-state index contributed by atoms with van der Waals surface area (Å²) in [4.78, 5) is 44.4. The van der Waals surface area contributed by atoms with E-state index in [0.717, 1.165) is 94.1 Å². The Hall–Kier alpha value is -7.67. The largest absolute Gasteiger partial charge is 0.490 e.